The number of fused-ring (bicyclic) bond motifs is 2. The molecule has 0 aromatic heterocycles. The average molecular weight is 364 g/mol. The Morgan fingerprint density at radius 3 is 1.65 bits per heavy atom. The molecule has 0 unspecified atom stereocenters. The molecule has 2 rings (SSSR count). The summed E-state index contributed by atoms with van der Waals surface area (Å²) in [4.78, 5) is 0. The maximum atomic E-state index is 2.54. The Balaban J connectivity index is 1.99. The van der Waals surface area contributed by atoms with Crippen molar-refractivity contribution in [3.8, 4) is 0 Å². The topological polar surface area (TPSA) is 0 Å². The van der Waals surface area contributed by atoms with Crippen molar-refractivity contribution >= 4 is 24.9 Å². The Labute approximate surface area is 149 Å². The summed E-state index contributed by atoms with van der Waals surface area (Å²) in [7, 11) is -2.01. The molecule has 1 saturated carbocycles. The third-order valence-electron chi connectivity index (χ3n) is 5.58. The van der Waals surface area contributed by atoms with E-state index in [1.165, 1.54) is 44.2 Å². The van der Waals surface area contributed by atoms with Crippen molar-refractivity contribution in [2.24, 2.45) is 0 Å². The van der Waals surface area contributed by atoms with Crippen LogP contribution in [-0.2, 0) is 0 Å². The summed E-state index contributed by atoms with van der Waals surface area (Å²) in [5.74, 6) is 0. The number of hydrogen-bond acceptors (Lipinski definition) is 0. The summed E-state index contributed by atoms with van der Waals surface area (Å²) in [5.41, 5.74) is 5.46. The second-order valence-corrected chi connectivity index (χ2v) is 24.3. The summed E-state index contributed by atoms with van der Waals surface area (Å²) in [5, 5.41) is 1.95. The molecule has 0 aromatic carbocycles. The molecule has 2 bridgehead atoms. The van der Waals surface area contributed by atoms with Crippen molar-refractivity contribution in [1.82, 2.24) is 0 Å². The highest BCUT2D eigenvalue weighted by Crippen LogP contribution is 2.46. The van der Waals surface area contributed by atoms with E-state index in [1.54, 1.807) is 17.7 Å². The molecule has 23 heavy (non-hydrogen) atoms. The molecular weight excluding hydrogens is 324 g/mol. The van der Waals surface area contributed by atoms with Gasteiger partial charge in [-0.15, -0.1) is 0 Å². The largest absolute Gasteiger partial charge is 0.0859 e. The molecule has 0 heterocycles. The van der Waals surface area contributed by atoms with Gasteiger partial charge in [-0.2, -0.15) is 0 Å². The van der Waals surface area contributed by atoms with Crippen molar-refractivity contribution in [3.63, 3.8) is 0 Å². The molecule has 1 fully saturated rings. The van der Waals surface area contributed by atoms with Crippen LogP contribution in [-0.4, -0.2) is 24.9 Å². The summed E-state index contributed by atoms with van der Waals surface area (Å²) < 4.78 is 0. The van der Waals surface area contributed by atoms with Gasteiger partial charge in [-0.05, 0) is 26.2 Å². The van der Waals surface area contributed by atoms with Crippen LogP contribution in [0.3, 0.4) is 0 Å². The van der Waals surface area contributed by atoms with Crippen LogP contribution in [0, 0.1) is 0 Å². The smallest absolute Gasteiger partial charge is 0.0695 e. The predicted octanol–water partition coefficient (Wildman–Crippen LogP) is 7.29. The molecule has 1 radical (unpaired) electrons. The quantitative estimate of drug-likeness (QED) is 0.377. The van der Waals surface area contributed by atoms with Crippen molar-refractivity contribution in [2.75, 3.05) is 0 Å². The van der Waals surface area contributed by atoms with E-state index in [4.69, 9.17) is 0 Å². The first-order chi connectivity index (χ1) is 10.6. The van der Waals surface area contributed by atoms with E-state index in [2.05, 4.69) is 46.2 Å². The lowest BCUT2D eigenvalue weighted by Crippen LogP contribution is -2.24. The van der Waals surface area contributed by atoms with Gasteiger partial charge in [0.2, 0.25) is 0 Å². The molecule has 0 saturated heterocycles. The molecular formula is C20H39Si3. The van der Waals surface area contributed by atoms with Crippen LogP contribution in [0.15, 0.2) is 21.9 Å². The molecule has 0 aliphatic heterocycles. The lowest BCUT2D eigenvalue weighted by atomic mass is 10.1. The van der Waals surface area contributed by atoms with E-state index in [9.17, 15) is 0 Å². The molecule has 0 atom stereocenters. The van der Waals surface area contributed by atoms with Crippen LogP contribution in [0.2, 0.25) is 63.5 Å². The lowest BCUT2D eigenvalue weighted by Gasteiger charge is -2.25. The summed E-state index contributed by atoms with van der Waals surface area (Å²) in [6.45, 7) is 17.7. The van der Waals surface area contributed by atoms with Gasteiger partial charge in [0.25, 0.3) is 0 Å². The molecule has 3 heteroatoms. The van der Waals surface area contributed by atoms with Crippen molar-refractivity contribution in [3.05, 3.63) is 21.9 Å². The third kappa shape index (κ3) is 5.86. The van der Waals surface area contributed by atoms with Crippen LogP contribution in [0.25, 0.3) is 0 Å². The predicted molar refractivity (Wildman–Crippen MR) is 114 cm³/mol. The van der Waals surface area contributed by atoms with Gasteiger partial charge in [-0.3, -0.25) is 0 Å². The minimum atomic E-state index is -0.863. The number of allylic oxidation sites excluding steroid dienone is 4. The average Bonchev–Trinajstić information content (AvgIpc) is 2.95. The Bertz CT molecular complexity index is 466. The van der Waals surface area contributed by atoms with Gasteiger partial charge in [0.15, 0.2) is 0 Å². The van der Waals surface area contributed by atoms with E-state index in [1.807, 2.05) is 16.3 Å². The highest BCUT2D eigenvalue weighted by atomic mass is 28.3. The molecule has 0 nitrogen and oxygen atoms in total. The molecule has 0 aromatic rings. The zero-order valence-electron chi connectivity index (χ0n) is 16.9. The van der Waals surface area contributed by atoms with Gasteiger partial charge in [0.1, 0.15) is 0 Å². The van der Waals surface area contributed by atoms with E-state index in [0.717, 1.165) is 0 Å². The first-order valence-corrected chi connectivity index (χ1v) is 19.2. The maximum absolute atomic E-state index is 2.54. The summed E-state index contributed by atoms with van der Waals surface area (Å²) in [6.07, 6.45) is 7.20. The zero-order valence-corrected chi connectivity index (χ0v) is 19.9. The fourth-order valence-electron chi connectivity index (χ4n) is 4.27. The van der Waals surface area contributed by atoms with Gasteiger partial charge < -0.3 is 0 Å². The fourth-order valence-corrected chi connectivity index (χ4v) is 10.8. The minimum absolute atomic E-state index is 0.279. The molecule has 0 amide bonds. The maximum Gasteiger partial charge on any atom is 0.0859 e. The van der Waals surface area contributed by atoms with Crippen LogP contribution >= 0.6 is 0 Å². The second-order valence-electron chi connectivity index (χ2n) is 10.3. The van der Waals surface area contributed by atoms with E-state index in [0.29, 0.717) is 0 Å². The Kier molecular flexibility index (Phi) is 6.40. The minimum Gasteiger partial charge on any atom is -0.0695 e. The first kappa shape index (κ1) is 19.5. The fraction of sp³-hybridized carbons (Fsp3) is 0.800. The van der Waals surface area contributed by atoms with Gasteiger partial charge >= 0.3 is 0 Å². The van der Waals surface area contributed by atoms with Crippen molar-refractivity contribution < 1.29 is 0 Å². The molecule has 0 spiro atoms. The van der Waals surface area contributed by atoms with Gasteiger partial charge in [-0.1, -0.05) is 98.2 Å². The lowest BCUT2D eigenvalue weighted by molar-refractivity contribution is 0.963. The highest BCUT2D eigenvalue weighted by Gasteiger charge is 2.32. The van der Waals surface area contributed by atoms with Gasteiger partial charge in [0, 0.05) is 16.1 Å². The SMILES string of the molecule is CC1=C2CCC(=C1[Si](CCC[Si](C)(C)C)CCC[Si](C)(C)C)C2. The van der Waals surface area contributed by atoms with Crippen LogP contribution in [0.1, 0.15) is 39.0 Å². The van der Waals surface area contributed by atoms with E-state index < -0.39 is 16.1 Å². The van der Waals surface area contributed by atoms with Gasteiger partial charge in [0.05, 0.1) is 8.80 Å². The Morgan fingerprint density at radius 2 is 1.26 bits per heavy atom. The number of rotatable bonds is 9. The highest BCUT2D eigenvalue weighted by molar-refractivity contribution is 6.77. The molecule has 131 valence electrons. The van der Waals surface area contributed by atoms with Crippen LogP contribution < -0.4 is 0 Å². The monoisotopic (exact) mass is 363 g/mol. The van der Waals surface area contributed by atoms with Gasteiger partial charge in [-0.25, -0.2) is 0 Å². The standard InChI is InChI=1S/C20H39Si3/c1-17-18-10-11-19(16-18)20(17)21(12-8-14-22(2,3)4)13-9-15-23(5,6)7/h8-16H2,1-7H3. The van der Waals surface area contributed by atoms with E-state index in [-0.39, 0.29) is 8.80 Å². The normalized spacial score (nSPS) is 18.8. The molecule has 2 aliphatic carbocycles. The Hall–Kier alpha value is 0.131. The zero-order chi connectivity index (χ0) is 17.3. The summed E-state index contributed by atoms with van der Waals surface area (Å²) >= 11 is 0. The second kappa shape index (κ2) is 7.57. The van der Waals surface area contributed by atoms with Crippen molar-refractivity contribution in [2.45, 2.75) is 102 Å². The number of hydrogen-bond donors (Lipinski definition) is 0. The van der Waals surface area contributed by atoms with Crippen molar-refractivity contribution in [1.29, 1.82) is 0 Å². The van der Waals surface area contributed by atoms with Crippen LogP contribution in [0.5, 0.6) is 0 Å². The summed E-state index contributed by atoms with van der Waals surface area (Å²) in [6, 6.07) is 6.19. The Morgan fingerprint density at radius 1 is 0.783 bits per heavy atom. The van der Waals surface area contributed by atoms with Crippen LogP contribution in [0.4, 0.5) is 0 Å². The third-order valence-corrected chi connectivity index (χ3v) is 12.6. The van der Waals surface area contributed by atoms with E-state index >= 15 is 0 Å². The first-order valence-electron chi connectivity index (χ1n) is 9.83. The molecule has 0 N–H and O–H groups in total. The molecule has 2 aliphatic rings.